The highest BCUT2D eigenvalue weighted by Gasteiger charge is 2.23. The Morgan fingerprint density at radius 1 is 1.14 bits per heavy atom. The summed E-state index contributed by atoms with van der Waals surface area (Å²) >= 11 is 3.50. The molecule has 3 heteroatoms. The van der Waals surface area contributed by atoms with E-state index in [9.17, 15) is 0 Å². The quantitative estimate of drug-likeness (QED) is 0.819. The van der Waals surface area contributed by atoms with Crippen molar-refractivity contribution in [3.63, 3.8) is 0 Å². The fourth-order valence-corrected chi connectivity index (χ4v) is 2.70. The first-order valence-electron chi connectivity index (χ1n) is 7.51. The lowest BCUT2D eigenvalue weighted by Crippen LogP contribution is -2.22. The Bertz CT molecular complexity index is 592. The second-order valence-corrected chi connectivity index (χ2v) is 6.35. The van der Waals surface area contributed by atoms with Gasteiger partial charge in [0.15, 0.2) is 0 Å². The van der Waals surface area contributed by atoms with Gasteiger partial charge in [-0.2, -0.15) is 0 Å². The zero-order valence-electron chi connectivity index (χ0n) is 12.2. The average molecular weight is 346 g/mol. The zero-order chi connectivity index (χ0) is 14.7. The summed E-state index contributed by atoms with van der Waals surface area (Å²) in [4.78, 5) is 0. The highest BCUT2D eigenvalue weighted by molar-refractivity contribution is 9.10. The van der Waals surface area contributed by atoms with Crippen molar-refractivity contribution in [2.45, 2.75) is 31.9 Å². The molecule has 1 unspecified atom stereocenters. The van der Waals surface area contributed by atoms with Crippen LogP contribution in [0.4, 0.5) is 0 Å². The van der Waals surface area contributed by atoms with Crippen LogP contribution in [0.1, 0.15) is 36.9 Å². The molecule has 0 bridgehead atoms. The molecular weight excluding hydrogens is 326 g/mol. The van der Waals surface area contributed by atoms with E-state index in [1.54, 1.807) is 0 Å². The van der Waals surface area contributed by atoms with Gasteiger partial charge >= 0.3 is 0 Å². The predicted octanol–water partition coefficient (Wildman–Crippen LogP) is 4.69. The molecule has 0 aliphatic heterocycles. The van der Waals surface area contributed by atoms with Crippen LogP contribution in [-0.2, 0) is 0 Å². The van der Waals surface area contributed by atoms with Gasteiger partial charge in [-0.25, -0.2) is 0 Å². The van der Waals surface area contributed by atoms with Crippen LogP contribution in [0.25, 0.3) is 0 Å². The van der Waals surface area contributed by atoms with E-state index in [1.165, 1.54) is 24.0 Å². The summed E-state index contributed by atoms with van der Waals surface area (Å²) < 4.78 is 7.02. The first-order valence-corrected chi connectivity index (χ1v) is 8.31. The van der Waals surface area contributed by atoms with E-state index in [0.717, 1.165) is 16.8 Å². The standard InChI is InChI=1S/C18H20BrNO/c1-2-20-18(13-6-8-15(19)9-7-13)14-4-3-5-17(12-14)21-16-10-11-16/h3-9,12,16,18,20H,2,10-11H2,1H3. The van der Waals surface area contributed by atoms with Gasteiger partial charge in [0.2, 0.25) is 0 Å². The second kappa shape index (κ2) is 6.63. The molecule has 2 aromatic rings. The highest BCUT2D eigenvalue weighted by Crippen LogP contribution is 2.30. The van der Waals surface area contributed by atoms with Gasteiger partial charge in [-0.3, -0.25) is 0 Å². The Morgan fingerprint density at radius 2 is 1.90 bits per heavy atom. The third-order valence-electron chi connectivity index (χ3n) is 3.63. The number of hydrogen-bond donors (Lipinski definition) is 1. The van der Waals surface area contributed by atoms with E-state index < -0.39 is 0 Å². The molecule has 1 fully saturated rings. The molecule has 1 N–H and O–H groups in total. The lowest BCUT2D eigenvalue weighted by molar-refractivity contribution is 0.302. The molecule has 0 heterocycles. The molecule has 110 valence electrons. The van der Waals surface area contributed by atoms with Crippen LogP contribution in [0.5, 0.6) is 5.75 Å². The molecule has 0 saturated heterocycles. The van der Waals surface area contributed by atoms with Gasteiger partial charge in [-0.05, 0) is 54.8 Å². The molecule has 0 radical (unpaired) electrons. The van der Waals surface area contributed by atoms with Gasteiger partial charge in [0.05, 0.1) is 12.1 Å². The molecule has 2 nitrogen and oxygen atoms in total. The summed E-state index contributed by atoms with van der Waals surface area (Å²) in [5.74, 6) is 0.981. The van der Waals surface area contributed by atoms with Crippen molar-refractivity contribution in [2.75, 3.05) is 6.54 Å². The van der Waals surface area contributed by atoms with Gasteiger partial charge in [-0.1, -0.05) is 47.1 Å². The van der Waals surface area contributed by atoms with Crippen LogP contribution in [0.3, 0.4) is 0 Å². The summed E-state index contributed by atoms with van der Waals surface area (Å²) in [5.41, 5.74) is 2.51. The van der Waals surface area contributed by atoms with Gasteiger partial charge in [-0.15, -0.1) is 0 Å². The minimum Gasteiger partial charge on any atom is -0.490 e. The topological polar surface area (TPSA) is 21.3 Å². The van der Waals surface area contributed by atoms with Crippen LogP contribution in [0.15, 0.2) is 53.0 Å². The number of rotatable bonds is 6. The summed E-state index contributed by atoms with van der Waals surface area (Å²) in [6.45, 7) is 3.06. The molecule has 21 heavy (non-hydrogen) atoms. The summed E-state index contributed by atoms with van der Waals surface area (Å²) in [6, 6.07) is 17.1. The molecule has 1 saturated carbocycles. The van der Waals surface area contributed by atoms with Gasteiger partial charge < -0.3 is 10.1 Å². The molecule has 2 aromatic carbocycles. The predicted molar refractivity (Wildman–Crippen MR) is 89.8 cm³/mol. The maximum atomic E-state index is 5.91. The van der Waals surface area contributed by atoms with Crippen LogP contribution < -0.4 is 10.1 Å². The minimum absolute atomic E-state index is 0.200. The summed E-state index contributed by atoms with van der Waals surface area (Å²) in [6.07, 6.45) is 2.81. The normalized spacial score (nSPS) is 15.7. The number of benzene rings is 2. The highest BCUT2D eigenvalue weighted by atomic mass is 79.9. The fourth-order valence-electron chi connectivity index (χ4n) is 2.43. The molecule has 0 aromatic heterocycles. The van der Waals surface area contributed by atoms with E-state index in [-0.39, 0.29) is 6.04 Å². The number of ether oxygens (including phenoxy) is 1. The number of nitrogens with one attached hydrogen (secondary N) is 1. The van der Waals surface area contributed by atoms with Crippen LogP contribution in [0.2, 0.25) is 0 Å². The third kappa shape index (κ3) is 3.86. The molecule has 0 amide bonds. The van der Waals surface area contributed by atoms with Crippen molar-refractivity contribution >= 4 is 15.9 Å². The lowest BCUT2D eigenvalue weighted by Gasteiger charge is -2.20. The van der Waals surface area contributed by atoms with Crippen molar-refractivity contribution < 1.29 is 4.74 Å². The van der Waals surface area contributed by atoms with Gasteiger partial charge in [0, 0.05) is 4.47 Å². The first kappa shape index (κ1) is 14.6. The van der Waals surface area contributed by atoms with Crippen molar-refractivity contribution in [2.24, 2.45) is 0 Å². The molecule has 1 aliphatic rings. The monoisotopic (exact) mass is 345 g/mol. The zero-order valence-corrected chi connectivity index (χ0v) is 13.8. The smallest absolute Gasteiger partial charge is 0.120 e. The maximum absolute atomic E-state index is 5.91. The summed E-state index contributed by atoms with van der Waals surface area (Å²) in [5, 5.41) is 3.56. The summed E-state index contributed by atoms with van der Waals surface area (Å²) in [7, 11) is 0. The second-order valence-electron chi connectivity index (χ2n) is 5.43. The van der Waals surface area contributed by atoms with E-state index >= 15 is 0 Å². The van der Waals surface area contributed by atoms with Gasteiger partial charge in [0.1, 0.15) is 5.75 Å². The molecular formula is C18H20BrNO. The number of hydrogen-bond acceptors (Lipinski definition) is 2. The molecule has 0 spiro atoms. The van der Waals surface area contributed by atoms with Crippen molar-refractivity contribution in [3.8, 4) is 5.75 Å². The van der Waals surface area contributed by atoms with E-state index in [0.29, 0.717) is 6.10 Å². The van der Waals surface area contributed by atoms with Crippen molar-refractivity contribution in [1.82, 2.24) is 5.32 Å². The van der Waals surface area contributed by atoms with Crippen LogP contribution in [-0.4, -0.2) is 12.6 Å². The Morgan fingerprint density at radius 3 is 2.57 bits per heavy atom. The number of halogens is 1. The first-order chi connectivity index (χ1) is 10.3. The van der Waals surface area contributed by atoms with Crippen molar-refractivity contribution in [3.05, 3.63) is 64.1 Å². The van der Waals surface area contributed by atoms with E-state index in [4.69, 9.17) is 4.74 Å². The molecule has 3 rings (SSSR count). The Labute approximate surface area is 134 Å². The lowest BCUT2D eigenvalue weighted by atomic mass is 9.98. The molecule has 1 aliphatic carbocycles. The largest absolute Gasteiger partial charge is 0.490 e. The third-order valence-corrected chi connectivity index (χ3v) is 4.16. The Kier molecular flexibility index (Phi) is 4.61. The maximum Gasteiger partial charge on any atom is 0.120 e. The van der Waals surface area contributed by atoms with E-state index in [2.05, 4.69) is 70.6 Å². The van der Waals surface area contributed by atoms with E-state index in [1.807, 2.05) is 6.07 Å². The van der Waals surface area contributed by atoms with Crippen LogP contribution in [0, 0.1) is 0 Å². The Hall–Kier alpha value is -1.32. The van der Waals surface area contributed by atoms with Crippen LogP contribution >= 0.6 is 15.9 Å². The SMILES string of the molecule is CCNC(c1ccc(Br)cc1)c1cccc(OC2CC2)c1. The van der Waals surface area contributed by atoms with Crippen molar-refractivity contribution in [1.29, 1.82) is 0 Å². The average Bonchev–Trinajstić information content (AvgIpc) is 3.30. The Balaban J connectivity index is 1.86. The minimum atomic E-state index is 0.200. The molecule has 1 atom stereocenters. The fraction of sp³-hybridized carbons (Fsp3) is 0.333. The van der Waals surface area contributed by atoms with Gasteiger partial charge in [0.25, 0.3) is 0 Å².